The summed E-state index contributed by atoms with van der Waals surface area (Å²) >= 11 is 0. The highest BCUT2D eigenvalue weighted by Gasteiger charge is 2.34. The number of methoxy groups -OCH3 is 2. The lowest BCUT2D eigenvalue weighted by Gasteiger charge is -2.31. The van der Waals surface area contributed by atoms with Crippen molar-refractivity contribution in [2.45, 2.75) is 31.8 Å². The first-order chi connectivity index (χ1) is 5.69. The van der Waals surface area contributed by atoms with Crippen molar-refractivity contribution in [3.8, 4) is 0 Å². The van der Waals surface area contributed by atoms with Crippen molar-refractivity contribution in [1.82, 2.24) is 0 Å². The van der Waals surface area contributed by atoms with Gasteiger partial charge in [0.05, 0.1) is 12.5 Å². The molecule has 1 heterocycles. The number of ether oxygens (including phenoxy) is 3. The van der Waals surface area contributed by atoms with Gasteiger partial charge in [0.15, 0.2) is 12.1 Å². The molecular weight excluding hydrogens is 160 g/mol. The molecule has 3 atom stereocenters. The monoisotopic (exact) mass is 174 g/mol. The predicted octanol–water partition coefficient (Wildman–Crippen LogP) is 0.352. The molecule has 1 saturated heterocycles. The van der Waals surface area contributed by atoms with E-state index in [1.807, 2.05) is 0 Å². The quantitative estimate of drug-likeness (QED) is 0.606. The van der Waals surface area contributed by atoms with Gasteiger partial charge in [-0.15, -0.1) is 0 Å². The summed E-state index contributed by atoms with van der Waals surface area (Å²) in [7, 11) is 3.04. The molecule has 70 valence electrons. The van der Waals surface area contributed by atoms with Gasteiger partial charge in [0.2, 0.25) is 0 Å². The summed E-state index contributed by atoms with van der Waals surface area (Å²) in [6.07, 6.45) is -0.782. The standard InChI is InChI=1S/C8H14O4/c1-5-8(11-3)6(9)4-7(10-2)12-5/h5,7-8H,4H2,1-3H3/t5-,7-,8-/m1/s1. The fourth-order valence-electron chi connectivity index (χ4n) is 1.36. The van der Waals surface area contributed by atoms with Crippen LogP contribution in [0.5, 0.6) is 0 Å². The van der Waals surface area contributed by atoms with Gasteiger partial charge in [-0.1, -0.05) is 0 Å². The van der Waals surface area contributed by atoms with Crippen LogP contribution in [0.1, 0.15) is 13.3 Å². The zero-order valence-corrected chi connectivity index (χ0v) is 7.57. The van der Waals surface area contributed by atoms with E-state index in [0.717, 1.165) is 0 Å². The maximum absolute atomic E-state index is 11.3. The van der Waals surface area contributed by atoms with E-state index in [1.54, 1.807) is 6.92 Å². The van der Waals surface area contributed by atoms with Crippen molar-refractivity contribution in [3.05, 3.63) is 0 Å². The normalized spacial score (nSPS) is 36.9. The van der Waals surface area contributed by atoms with E-state index in [9.17, 15) is 4.79 Å². The van der Waals surface area contributed by atoms with Crippen LogP contribution < -0.4 is 0 Å². The van der Waals surface area contributed by atoms with E-state index < -0.39 is 12.4 Å². The maximum Gasteiger partial charge on any atom is 0.169 e. The molecule has 0 saturated carbocycles. The summed E-state index contributed by atoms with van der Waals surface area (Å²) < 4.78 is 15.2. The van der Waals surface area contributed by atoms with Crippen molar-refractivity contribution < 1.29 is 19.0 Å². The van der Waals surface area contributed by atoms with Gasteiger partial charge < -0.3 is 14.2 Å². The van der Waals surface area contributed by atoms with Gasteiger partial charge in [0, 0.05) is 14.2 Å². The Morgan fingerprint density at radius 2 is 2.08 bits per heavy atom. The molecular formula is C8H14O4. The molecule has 4 heteroatoms. The van der Waals surface area contributed by atoms with Crippen LogP contribution in [0.2, 0.25) is 0 Å². The Labute approximate surface area is 71.8 Å². The molecule has 0 N–H and O–H groups in total. The largest absolute Gasteiger partial charge is 0.371 e. The molecule has 0 aromatic rings. The van der Waals surface area contributed by atoms with Gasteiger partial charge in [0.1, 0.15) is 6.10 Å². The van der Waals surface area contributed by atoms with E-state index in [2.05, 4.69) is 0 Å². The Balaban J connectivity index is 2.57. The highest BCUT2D eigenvalue weighted by atomic mass is 16.7. The van der Waals surface area contributed by atoms with Crippen LogP contribution in [-0.4, -0.2) is 38.5 Å². The van der Waals surface area contributed by atoms with Crippen LogP contribution in [0.4, 0.5) is 0 Å². The molecule has 12 heavy (non-hydrogen) atoms. The topological polar surface area (TPSA) is 44.8 Å². The molecule has 4 nitrogen and oxygen atoms in total. The first-order valence-corrected chi connectivity index (χ1v) is 3.92. The van der Waals surface area contributed by atoms with Crippen molar-refractivity contribution in [3.63, 3.8) is 0 Å². The molecule has 1 aliphatic heterocycles. The number of Topliss-reactive ketones (excluding diaryl/α,β-unsaturated/α-hetero) is 1. The summed E-state index contributed by atoms with van der Waals surface area (Å²) in [5.41, 5.74) is 0. The minimum absolute atomic E-state index is 0.0445. The van der Waals surface area contributed by atoms with Crippen LogP contribution in [0, 0.1) is 0 Å². The minimum Gasteiger partial charge on any atom is -0.371 e. The molecule has 1 rings (SSSR count). The summed E-state index contributed by atoms with van der Waals surface area (Å²) in [5.74, 6) is 0.0445. The van der Waals surface area contributed by atoms with E-state index >= 15 is 0 Å². The number of ketones is 1. The highest BCUT2D eigenvalue weighted by Crippen LogP contribution is 2.18. The van der Waals surface area contributed by atoms with Crippen molar-refractivity contribution in [2.24, 2.45) is 0 Å². The van der Waals surface area contributed by atoms with E-state index in [-0.39, 0.29) is 18.3 Å². The Kier molecular flexibility index (Phi) is 3.20. The van der Waals surface area contributed by atoms with Crippen LogP contribution >= 0.6 is 0 Å². The lowest BCUT2D eigenvalue weighted by molar-refractivity contribution is -0.207. The van der Waals surface area contributed by atoms with E-state index in [4.69, 9.17) is 14.2 Å². The van der Waals surface area contributed by atoms with Gasteiger partial charge in [-0.2, -0.15) is 0 Å². The number of hydrogen-bond donors (Lipinski definition) is 0. The Bertz CT molecular complexity index is 168. The molecule has 1 aliphatic rings. The van der Waals surface area contributed by atoms with Crippen LogP contribution in [0.15, 0.2) is 0 Å². The van der Waals surface area contributed by atoms with Crippen LogP contribution in [0.25, 0.3) is 0 Å². The third-order valence-corrected chi connectivity index (χ3v) is 1.99. The molecule has 0 unspecified atom stereocenters. The first-order valence-electron chi connectivity index (χ1n) is 3.92. The summed E-state index contributed by atoms with van der Waals surface area (Å²) in [4.78, 5) is 11.3. The molecule has 1 fully saturated rings. The lowest BCUT2D eigenvalue weighted by atomic mass is 10.0. The second-order valence-corrected chi connectivity index (χ2v) is 2.83. The number of carbonyl (C=O) groups excluding carboxylic acids is 1. The zero-order chi connectivity index (χ0) is 9.14. The smallest absolute Gasteiger partial charge is 0.169 e. The number of hydrogen-bond acceptors (Lipinski definition) is 4. The number of rotatable bonds is 2. The molecule has 0 aromatic heterocycles. The van der Waals surface area contributed by atoms with Crippen molar-refractivity contribution in [1.29, 1.82) is 0 Å². The van der Waals surface area contributed by atoms with E-state index in [0.29, 0.717) is 0 Å². The molecule has 0 amide bonds. The van der Waals surface area contributed by atoms with Crippen LogP contribution in [-0.2, 0) is 19.0 Å². The summed E-state index contributed by atoms with van der Waals surface area (Å²) in [5, 5.41) is 0. The Morgan fingerprint density at radius 3 is 2.50 bits per heavy atom. The molecule has 0 aliphatic carbocycles. The summed E-state index contributed by atoms with van der Waals surface area (Å²) in [6, 6.07) is 0. The number of carbonyl (C=O) groups is 1. The van der Waals surface area contributed by atoms with Crippen molar-refractivity contribution in [2.75, 3.05) is 14.2 Å². The molecule has 0 spiro atoms. The molecule has 0 aromatic carbocycles. The zero-order valence-electron chi connectivity index (χ0n) is 7.57. The average Bonchev–Trinajstić information content (AvgIpc) is 2.03. The summed E-state index contributed by atoms with van der Waals surface area (Å²) in [6.45, 7) is 1.80. The Hall–Kier alpha value is -0.450. The minimum atomic E-state index is -0.434. The maximum atomic E-state index is 11.3. The second-order valence-electron chi connectivity index (χ2n) is 2.83. The SMILES string of the molecule is CO[C@H]1CC(=O)[C@H](OC)[C@@H](C)O1. The van der Waals surface area contributed by atoms with E-state index in [1.165, 1.54) is 14.2 Å². The highest BCUT2D eigenvalue weighted by molar-refractivity contribution is 5.84. The predicted molar refractivity (Wildman–Crippen MR) is 41.8 cm³/mol. The van der Waals surface area contributed by atoms with Crippen molar-refractivity contribution >= 4 is 5.78 Å². The third kappa shape index (κ3) is 1.83. The third-order valence-electron chi connectivity index (χ3n) is 1.99. The van der Waals surface area contributed by atoms with Gasteiger partial charge >= 0.3 is 0 Å². The van der Waals surface area contributed by atoms with Gasteiger partial charge in [0.25, 0.3) is 0 Å². The fraction of sp³-hybridized carbons (Fsp3) is 0.875. The first kappa shape index (κ1) is 9.64. The lowest BCUT2D eigenvalue weighted by Crippen LogP contribution is -2.45. The second kappa shape index (κ2) is 3.98. The van der Waals surface area contributed by atoms with Gasteiger partial charge in [-0.05, 0) is 6.92 Å². The molecule has 0 bridgehead atoms. The fourth-order valence-corrected chi connectivity index (χ4v) is 1.36. The van der Waals surface area contributed by atoms with Gasteiger partial charge in [-0.3, -0.25) is 4.79 Å². The molecule has 0 radical (unpaired) electrons. The average molecular weight is 174 g/mol. The van der Waals surface area contributed by atoms with Crippen LogP contribution in [0.3, 0.4) is 0 Å². The Morgan fingerprint density at radius 1 is 1.42 bits per heavy atom. The van der Waals surface area contributed by atoms with Gasteiger partial charge in [-0.25, -0.2) is 0 Å².